The van der Waals surface area contributed by atoms with Gasteiger partial charge in [-0.05, 0) is 38.8 Å². The highest BCUT2D eigenvalue weighted by Gasteiger charge is 2.30. The molecule has 6 nitrogen and oxygen atoms in total. The van der Waals surface area contributed by atoms with Crippen molar-refractivity contribution in [1.29, 1.82) is 0 Å². The Kier molecular flexibility index (Phi) is 4.98. The van der Waals surface area contributed by atoms with Crippen molar-refractivity contribution in [3.8, 4) is 0 Å². The molecule has 0 amide bonds. The first kappa shape index (κ1) is 15.7. The van der Waals surface area contributed by atoms with Crippen molar-refractivity contribution in [2.75, 3.05) is 33.4 Å². The van der Waals surface area contributed by atoms with E-state index in [2.05, 4.69) is 10.00 Å². The molecule has 2 heterocycles. The first-order chi connectivity index (χ1) is 10.7. The largest absolute Gasteiger partial charge is 0.383 e. The maximum Gasteiger partial charge on any atom is 0.345 e. The van der Waals surface area contributed by atoms with Crippen LogP contribution in [0.2, 0.25) is 0 Å². The van der Waals surface area contributed by atoms with Crippen LogP contribution in [-0.4, -0.2) is 52.6 Å². The summed E-state index contributed by atoms with van der Waals surface area (Å²) in [6.45, 7) is 3.94. The molecular formula is C16H28N4O2. The third-order valence-corrected chi connectivity index (χ3v) is 5.24. The van der Waals surface area contributed by atoms with E-state index in [1.807, 2.05) is 4.57 Å². The number of ether oxygens (including phenoxy) is 1. The maximum atomic E-state index is 12.5. The predicted molar refractivity (Wildman–Crippen MR) is 85.3 cm³/mol. The van der Waals surface area contributed by atoms with E-state index >= 15 is 0 Å². The summed E-state index contributed by atoms with van der Waals surface area (Å²) in [5, 5.41) is 4.59. The van der Waals surface area contributed by atoms with Gasteiger partial charge >= 0.3 is 5.69 Å². The summed E-state index contributed by atoms with van der Waals surface area (Å²) in [5.74, 6) is 1.46. The molecule has 0 bridgehead atoms. The number of aryl methyl sites for hydroxylation is 1. The van der Waals surface area contributed by atoms with E-state index in [4.69, 9.17) is 4.74 Å². The summed E-state index contributed by atoms with van der Waals surface area (Å²) < 4.78 is 8.71. The molecule has 1 saturated carbocycles. The van der Waals surface area contributed by atoms with E-state index in [-0.39, 0.29) is 5.69 Å². The fraction of sp³-hybridized carbons (Fsp3) is 0.875. The van der Waals surface area contributed by atoms with Gasteiger partial charge in [0.05, 0.1) is 6.61 Å². The van der Waals surface area contributed by atoms with Crippen LogP contribution >= 0.6 is 0 Å². The van der Waals surface area contributed by atoms with Gasteiger partial charge in [0, 0.05) is 32.7 Å². The third kappa shape index (κ3) is 3.13. The van der Waals surface area contributed by atoms with E-state index in [9.17, 15) is 4.79 Å². The Morgan fingerprint density at radius 2 is 1.86 bits per heavy atom. The molecule has 0 radical (unpaired) electrons. The van der Waals surface area contributed by atoms with Crippen molar-refractivity contribution >= 4 is 0 Å². The molecule has 6 heteroatoms. The Morgan fingerprint density at radius 3 is 2.50 bits per heavy atom. The second-order valence-electron chi connectivity index (χ2n) is 6.68. The lowest BCUT2D eigenvalue weighted by Gasteiger charge is -2.31. The van der Waals surface area contributed by atoms with Crippen LogP contribution in [0.5, 0.6) is 0 Å². The van der Waals surface area contributed by atoms with Gasteiger partial charge in [-0.25, -0.2) is 9.48 Å². The van der Waals surface area contributed by atoms with E-state index in [1.54, 1.807) is 14.2 Å². The highest BCUT2D eigenvalue weighted by molar-refractivity contribution is 5.02. The van der Waals surface area contributed by atoms with Crippen molar-refractivity contribution < 1.29 is 4.74 Å². The van der Waals surface area contributed by atoms with Gasteiger partial charge in [0.2, 0.25) is 0 Å². The molecule has 1 aromatic rings. The van der Waals surface area contributed by atoms with Crippen molar-refractivity contribution in [2.24, 2.45) is 7.05 Å². The average Bonchev–Trinajstić information content (AvgIpc) is 3.15. The molecule has 124 valence electrons. The molecule has 0 unspecified atom stereocenters. The van der Waals surface area contributed by atoms with Gasteiger partial charge in [-0.15, -0.1) is 0 Å². The van der Waals surface area contributed by atoms with Crippen LogP contribution in [0.3, 0.4) is 0 Å². The zero-order valence-electron chi connectivity index (χ0n) is 13.8. The molecule has 1 aliphatic heterocycles. The molecule has 3 rings (SSSR count). The summed E-state index contributed by atoms with van der Waals surface area (Å²) >= 11 is 0. The molecule has 1 aromatic heterocycles. The smallest absolute Gasteiger partial charge is 0.345 e. The molecule has 1 saturated heterocycles. The molecule has 0 spiro atoms. The molecule has 2 aliphatic rings. The number of aromatic nitrogens is 3. The van der Waals surface area contributed by atoms with Crippen LogP contribution in [0.4, 0.5) is 0 Å². The number of rotatable bonds is 5. The second kappa shape index (κ2) is 6.96. The highest BCUT2D eigenvalue weighted by Crippen LogP contribution is 2.33. The zero-order chi connectivity index (χ0) is 15.5. The minimum absolute atomic E-state index is 0.0729. The first-order valence-electron chi connectivity index (χ1n) is 8.57. The zero-order valence-corrected chi connectivity index (χ0v) is 13.8. The minimum atomic E-state index is 0.0729. The average molecular weight is 308 g/mol. The standard InChI is InChI=1S/C16H28N4O2/c1-18-16(21)20(14-5-3-4-6-14)15(17-18)13-7-9-19(10-8-13)11-12-22-2/h13-14H,3-12H2,1-2H3. The van der Waals surface area contributed by atoms with Crippen LogP contribution in [0.15, 0.2) is 4.79 Å². The van der Waals surface area contributed by atoms with Crippen molar-refractivity contribution in [3.05, 3.63) is 16.3 Å². The van der Waals surface area contributed by atoms with E-state index in [0.29, 0.717) is 12.0 Å². The minimum Gasteiger partial charge on any atom is -0.383 e. The lowest BCUT2D eigenvalue weighted by molar-refractivity contribution is 0.128. The molecule has 0 atom stereocenters. The van der Waals surface area contributed by atoms with E-state index < -0.39 is 0 Å². The fourth-order valence-corrected chi connectivity index (χ4v) is 3.92. The normalized spacial score (nSPS) is 21.7. The topological polar surface area (TPSA) is 52.3 Å². The van der Waals surface area contributed by atoms with E-state index in [1.165, 1.54) is 17.5 Å². The molecule has 22 heavy (non-hydrogen) atoms. The predicted octanol–water partition coefficient (Wildman–Crippen LogP) is 1.52. The van der Waals surface area contributed by atoms with Crippen LogP contribution in [0.25, 0.3) is 0 Å². The van der Waals surface area contributed by atoms with Gasteiger partial charge in [-0.3, -0.25) is 4.57 Å². The van der Waals surface area contributed by atoms with Gasteiger partial charge in [-0.1, -0.05) is 12.8 Å². The van der Waals surface area contributed by atoms with Crippen molar-refractivity contribution in [1.82, 2.24) is 19.2 Å². The Morgan fingerprint density at radius 1 is 1.18 bits per heavy atom. The number of hydrogen-bond donors (Lipinski definition) is 0. The van der Waals surface area contributed by atoms with Gasteiger partial charge in [0.25, 0.3) is 0 Å². The molecule has 0 N–H and O–H groups in total. The van der Waals surface area contributed by atoms with Crippen LogP contribution in [0.1, 0.15) is 56.3 Å². The quantitative estimate of drug-likeness (QED) is 0.827. The number of methoxy groups -OCH3 is 1. The Hall–Kier alpha value is -1.14. The number of hydrogen-bond acceptors (Lipinski definition) is 4. The van der Waals surface area contributed by atoms with Crippen molar-refractivity contribution in [2.45, 2.75) is 50.5 Å². The Bertz CT molecular complexity index is 537. The summed E-state index contributed by atoms with van der Waals surface area (Å²) in [6, 6.07) is 0.378. The fourth-order valence-electron chi connectivity index (χ4n) is 3.92. The van der Waals surface area contributed by atoms with Gasteiger partial charge in [0.15, 0.2) is 0 Å². The van der Waals surface area contributed by atoms with Gasteiger partial charge in [-0.2, -0.15) is 5.10 Å². The van der Waals surface area contributed by atoms with E-state index in [0.717, 1.165) is 57.7 Å². The van der Waals surface area contributed by atoms with Gasteiger partial charge in [0.1, 0.15) is 5.82 Å². The summed E-state index contributed by atoms with van der Waals surface area (Å²) in [5.41, 5.74) is 0.0729. The second-order valence-corrected chi connectivity index (χ2v) is 6.68. The molecule has 2 fully saturated rings. The summed E-state index contributed by atoms with van der Waals surface area (Å²) in [4.78, 5) is 14.9. The number of piperidine rings is 1. The monoisotopic (exact) mass is 308 g/mol. The molecule has 1 aliphatic carbocycles. The van der Waals surface area contributed by atoms with Crippen molar-refractivity contribution in [3.63, 3.8) is 0 Å². The lowest BCUT2D eigenvalue weighted by Crippen LogP contribution is -2.36. The van der Waals surface area contributed by atoms with Gasteiger partial charge < -0.3 is 9.64 Å². The lowest BCUT2D eigenvalue weighted by atomic mass is 9.95. The first-order valence-corrected chi connectivity index (χ1v) is 8.57. The maximum absolute atomic E-state index is 12.5. The highest BCUT2D eigenvalue weighted by atomic mass is 16.5. The number of nitrogens with zero attached hydrogens (tertiary/aromatic N) is 4. The Balaban J connectivity index is 1.73. The van der Waals surface area contributed by atoms with Crippen LogP contribution < -0.4 is 5.69 Å². The SMILES string of the molecule is COCCN1CCC(c2nn(C)c(=O)n2C2CCCC2)CC1. The molecule has 0 aromatic carbocycles. The molecular weight excluding hydrogens is 280 g/mol. The van der Waals surface area contributed by atoms with Crippen LogP contribution in [-0.2, 0) is 11.8 Å². The summed E-state index contributed by atoms with van der Waals surface area (Å²) in [7, 11) is 3.53. The van der Waals surface area contributed by atoms with Crippen LogP contribution in [0, 0.1) is 0 Å². The number of likely N-dealkylation sites (tertiary alicyclic amines) is 1. The third-order valence-electron chi connectivity index (χ3n) is 5.24. The summed E-state index contributed by atoms with van der Waals surface area (Å²) in [6.07, 6.45) is 6.91. The Labute approximate surface area is 132 Å².